The van der Waals surface area contributed by atoms with E-state index in [-0.39, 0.29) is 80.0 Å². The molecule has 0 aromatic heterocycles. The Bertz CT molecular complexity index is 1830. The zero-order valence-electron chi connectivity index (χ0n) is 41.9. The van der Waals surface area contributed by atoms with E-state index < -0.39 is 59.6 Å². The number of esters is 1. The van der Waals surface area contributed by atoms with Gasteiger partial charge in [0.05, 0.1) is 37.3 Å². The molecule has 1 aliphatic carbocycles. The van der Waals surface area contributed by atoms with Crippen LogP contribution in [0, 0.1) is 35.5 Å². The molecule has 0 spiro atoms. The van der Waals surface area contributed by atoms with Crippen LogP contribution < -0.4 is 0 Å². The molecule has 14 heteroatoms. The highest BCUT2D eigenvalue weighted by Crippen LogP contribution is 2.38. The van der Waals surface area contributed by atoms with Crippen molar-refractivity contribution >= 4 is 29.2 Å². The van der Waals surface area contributed by atoms with Crippen LogP contribution in [0.4, 0.5) is 0 Å². The van der Waals surface area contributed by atoms with Crippen molar-refractivity contribution in [2.45, 2.75) is 168 Å². The molecular formula is C53H81NO13. The largest absolute Gasteiger partial charge is 0.460 e. The van der Waals surface area contributed by atoms with Gasteiger partial charge in [-0.25, -0.2) is 4.79 Å². The maximum atomic E-state index is 14.5. The highest BCUT2D eigenvalue weighted by molar-refractivity contribution is 6.39. The molecule has 2 bridgehead atoms. The molecule has 1 unspecified atom stereocenters. The predicted molar refractivity (Wildman–Crippen MR) is 254 cm³/mol. The van der Waals surface area contributed by atoms with Crippen LogP contribution in [-0.4, -0.2) is 128 Å². The smallest absolute Gasteiger partial charge is 0.329 e. The molecular weight excluding hydrogens is 859 g/mol. The molecule has 0 aromatic rings. The van der Waals surface area contributed by atoms with Gasteiger partial charge in [0.1, 0.15) is 24.0 Å². The molecule has 13 atom stereocenters. The maximum absolute atomic E-state index is 14.5. The van der Waals surface area contributed by atoms with E-state index in [1.54, 1.807) is 34.1 Å². The summed E-state index contributed by atoms with van der Waals surface area (Å²) in [5, 5.41) is 21.3. The fraction of sp³-hybridized carbons (Fsp3) is 0.717. The van der Waals surface area contributed by atoms with E-state index in [1.807, 2.05) is 71.1 Å². The van der Waals surface area contributed by atoms with Crippen LogP contribution in [0.25, 0.3) is 0 Å². The average molecular weight is 940 g/mol. The van der Waals surface area contributed by atoms with Gasteiger partial charge < -0.3 is 43.5 Å². The molecule has 2 saturated heterocycles. The van der Waals surface area contributed by atoms with E-state index in [1.165, 1.54) is 12.0 Å². The molecule has 14 nitrogen and oxygen atoms in total. The second-order valence-electron chi connectivity index (χ2n) is 19.6. The number of methoxy groups -OCH3 is 3. The number of piperidine rings is 1. The summed E-state index contributed by atoms with van der Waals surface area (Å²) in [5.41, 5.74) is 1.66. The van der Waals surface area contributed by atoms with Crippen LogP contribution in [0.15, 0.2) is 59.4 Å². The number of rotatable bonds is 9. The topological polar surface area (TPSA) is 184 Å². The molecule has 3 heterocycles. The van der Waals surface area contributed by atoms with Gasteiger partial charge in [-0.2, -0.15) is 0 Å². The van der Waals surface area contributed by atoms with E-state index in [2.05, 4.69) is 0 Å². The monoisotopic (exact) mass is 940 g/mol. The molecule has 1 saturated carbocycles. The van der Waals surface area contributed by atoms with Gasteiger partial charge in [-0.15, -0.1) is 0 Å². The molecule has 2 N–H and O–H groups in total. The summed E-state index contributed by atoms with van der Waals surface area (Å²) in [6.07, 6.45) is 16.8. The Hall–Kier alpha value is -3.79. The molecule has 4 aliphatic rings. The van der Waals surface area contributed by atoms with Crippen molar-refractivity contribution in [3.05, 3.63) is 59.4 Å². The van der Waals surface area contributed by atoms with Crippen LogP contribution in [0.3, 0.4) is 0 Å². The number of allylic oxidation sites excluding steroid dienone is 7. The van der Waals surface area contributed by atoms with Crippen molar-refractivity contribution in [1.29, 1.82) is 0 Å². The first-order valence-electron chi connectivity index (χ1n) is 24.6. The second-order valence-corrected chi connectivity index (χ2v) is 19.6. The number of carbonyl (C=O) groups excluding carboxylic acids is 5. The van der Waals surface area contributed by atoms with Gasteiger partial charge in [-0.1, -0.05) is 76.6 Å². The minimum absolute atomic E-state index is 0.00907. The Morgan fingerprint density at radius 1 is 0.866 bits per heavy atom. The normalized spacial score (nSPS) is 35.9. The van der Waals surface area contributed by atoms with Crippen LogP contribution in [0.1, 0.15) is 126 Å². The zero-order chi connectivity index (χ0) is 49.4. The number of ketones is 3. The van der Waals surface area contributed by atoms with Gasteiger partial charge in [0.2, 0.25) is 0 Å². The van der Waals surface area contributed by atoms with Crippen molar-refractivity contribution in [3.8, 4) is 0 Å². The summed E-state index contributed by atoms with van der Waals surface area (Å²) in [5.74, 6) is -7.28. The van der Waals surface area contributed by atoms with Crippen molar-refractivity contribution in [2.24, 2.45) is 35.5 Å². The standard InChI is InChI=1S/C53H81NO13/c1-33-18-14-12-11-13-15-19-34(2)48(57)49(64-10)39(7)35(3)28-36(4)43(56)32-46(37(5)29-40-22-24-44(65-27-26-55)47(30-40)63-9)66-52(60)42-20-16-17-25-54(42)51(59)50(58)53(61)38(6)21-23-41(67-53)31-45(33)62-8/h11-14,18,28,31,34,36-40,42,44-47,49,55,61H,15-17,19-27,29-30,32H2,1-10H3/b13-11+,14-12?,33-18?,35-28+,41-31?/t34-,36-,37-,38-,39-,40+,42+,44-,45+,46?,47-,49-,53-/m1/s1. The molecule has 3 aliphatic heterocycles. The van der Waals surface area contributed by atoms with Gasteiger partial charge in [0, 0.05) is 64.4 Å². The fourth-order valence-electron chi connectivity index (χ4n) is 9.99. The number of aliphatic hydroxyl groups excluding tert-OH is 1. The SMILES string of the molecule is CO[C@H]1C=C2CC[C@@H](C)[C@@](O)(O2)C(=O)C(=O)N2CCCC[C@H]2C(=O)OC([C@H](C)C[C@@H]2CC[C@@H](OCCO)[C@H](OC)C2)CC(=O)[C@H](C)/C=C(\C)[C@@H](C)[C@@H](OC)C(=O)[C@H](C)CC/C=C/C=CC=C1C. The first-order chi connectivity index (χ1) is 31.9. The lowest BCUT2D eigenvalue weighted by Gasteiger charge is -2.41. The summed E-state index contributed by atoms with van der Waals surface area (Å²) in [7, 11) is 4.72. The van der Waals surface area contributed by atoms with Crippen molar-refractivity contribution in [3.63, 3.8) is 0 Å². The molecule has 376 valence electrons. The lowest BCUT2D eigenvalue weighted by Crippen LogP contribution is -2.59. The number of ether oxygens (including phenoxy) is 6. The maximum Gasteiger partial charge on any atom is 0.329 e. The Morgan fingerprint density at radius 3 is 2.30 bits per heavy atom. The molecule has 67 heavy (non-hydrogen) atoms. The third-order valence-electron chi connectivity index (χ3n) is 14.6. The lowest BCUT2D eigenvalue weighted by atomic mass is 9.78. The van der Waals surface area contributed by atoms with Crippen molar-refractivity contribution in [2.75, 3.05) is 41.1 Å². The fourth-order valence-corrected chi connectivity index (χ4v) is 9.99. The molecule has 0 aromatic carbocycles. The number of aliphatic hydroxyl groups is 2. The van der Waals surface area contributed by atoms with Gasteiger partial charge in [0.25, 0.3) is 17.5 Å². The summed E-state index contributed by atoms with van der Waals surface area (Å²) in [6, 6.07) is -1.12. The Morgan fingerprint density at radius 2 is 1.61 bits per heavy atom. The lowest BCUT2D eigenvalue weighted by molar-refractivity contribution is -0.223. The van der Waals surface area contributed by atoms with E-state index in [4.69, 9.17) is 28.4 Å². The molecule has 1 amide bonds. The Balaban J connectivity index is 1.70. The number of hydrogen-bond acceptors (Lipinski definition) is 13. The first kappa shape index (κ1) is 55.8. The van der Waals surface area contributed by atoms with E-state index in [0.29, 0.717) is 57.1 Å². The second kappa shape index (κ2) is 26.8. The number of carbonyl (C=O) groups is 5. The quantitative estimate of drug-likeness (QED) is 0.133. The number of fused-ring (bicyclic) bond motifs is 3. The highest BCUT2D eigenvalue weighted by atomic mass is 16.6. The number of amides is 1. The summed E-state index contributed by atoms with van der Waals surface area (Å²) in [4.78, 5) is 72.1. The molecule has 4 rings (SSSR count). The third-order valence-corrected chi connectivity index (χ3v) is 14.6. The number of hydrogen-bond donors (Lipinski definition) is 2. The number of cyclic esters (lactones) is 1. The summed E-state index contributed by atoms with van der Waals surface area (Å²) >= 11 is 0. The molecule has 0 radical (unpaired) electrons. The van der Waals surface area contributed by atoms with E-state index in [9.17, 15) is 34.2 Å². The Kier molecular flexibility index (Phi) is 22.3. The van der Waals surface area contributed by atoms with Crippen molar-refractivity contribution in [1.82, 2.24) is 4.90 Å². The van der Waals surface area contributed by atoms with Crippen LogP contribution in [0.2, 0.25) is 0 Å². The van der Waals surface area contributed by atoms with Gasteiger partial charge >= 0.3 is 5.97 Å². The van der Waals surface area contributed by atoms with Crippen molar-refractivity contribution < 1.29 is 62.6 Å². The zero-order valence-corrected chi connectivity index (χ0v) is 41.9. The Labute approximate surface area is 399 Å². The number of Topliss-reactive ketones (excluding diaryl/α,β-unsaturated/α-hetero) is 3. The van der Waals surface area contributed by atoms with Gasteiger partial charge in [0.15, 0.2) is 5.78 Å². The minimum Gasteiger partial charge on any atom is -0.460 e. The molecule has 3 fully saturated rings. The summed E-state index contributed by atoms with van der Waals surface area (Å²) in [6.45, 7) is 13.3. The average Bonchev–Trinajstić information content (AvgIpc) is 3.32. The minimum atomic E-state index is -2.48. The van der Waals surface area contributed by atoms with E-state index in [0.717, 1.165) is 24.0 Å². The first-order valence-corrected chi connectivity index (χ1v) is 24.6. The summed E-state index contributed by atoms with van der Waals surface area (Å²) < 4.78 is 35.6. The van der Waals surface area contributed by atoms with Gasteiger partial charge in [-0.3, -0.25) is 19.2 Å². The van der Waals surface area contributed by atoms with E-state index >= 15 is 0 Å². The predicted octanol–water partition coefficient (Wildman–Crippen LogP) is 7.35. The third kappa shape index (κ3) is 15.1. The van der Waals surface area contributed by atoms with Gasteiger partial charge in [-0.05, 0) is 102 Å². The van der Waals surface area contributed by atoms with Crippen LogP contribution >= 0.6 is 0 Å². The van der Waals surface area contributed by atoms with Crippen LogP contribution in [-0.2, 0) is 52.4 Å². The van der Waals surface area contributed by atoms with Crippen LogP contribution in [0.5, 0.6) is 0 Å². The number of nitrogens with zero attached hydrogens (tertiary/aromatic N) is 1. The highest BCUT2D eigenvalue weighted by Gasteiger charge is 2.53.